The number of hydrogen-bond acceptors (Lipinski definition) is 6. The van der Waals surface area contributed by atoms with E-state index in [9.17, 15) is 14.9 Å². The molecular formula is C21H28N4O3S. The number of rotatable bonds is 4. The number of carbonyl (C=O) groups is 2. The van der Waals surface area contributed by atoms with E-state index in [-0.39, 0.29) is 12.0 Å². The topological polar surface area (TPSA) is 85.7 Å². The van der Waals surface area contributed by atoms with Crippen LogP contribution in [0.3, 0.4) is 0 Å². The molecule has 29 heavy (non-hydrogen) atoms. The smallest absolute Gasteiger partial charge is 0.410 e. The standard InChI is InChI=1S/C21H28N4O3S/c1-2-28-21(27)25-10-8-15-16(11-22)20(29-18(15)12-25)23-19(26)13-24-9-7-14-5-3-4-6-17(14)24/h14,17H,2-10,12-13H2,1H3,(H,23,26). The summed E-state index contributed by atoms with van der Waals surface area (Å²) < 4.78 is 5.09. The third-order valence-electron chi connectivity index (χ3n) is 6.42. The molecule has 0 spiro atoms. The molecule has 2 atom stereocenters. The summed E-state index contributed by atoms with van der Waals surface area (Å²) in [5.74, 6) is 0.697. The number of fused-ring (bicyclic) bond motifs is 2. The van der Waals surface area contributed by atoms with Gasteiger partial charge in [0.05, 0.1) is 25.3 Å². The fraction of sp³-hybridized carbons (Fsp3) is 0.667. The molecule has 7 nitrogen and oxygen atoms in total. The number of anilines is 1. The minimum absolute atomic E-state index is 0.0476. The number of nitrogens with one attached hydrogen (secondary N) is 1. The van der Waals surface area contributed by atoms with Gasteiger partial charge in [0.1, 0.15) is 11.1 Å². The Labute approximate surface area is 175 Å². The predicted molar refractivity (Wildman–Crippen MR) is 111 cm³/mol. The molecule has 1 saturated heterocycles. The average molecular weight is 417 g/mol. The first-order valence-electron chi connectivity index (χ1n) is 10.6. The van der Waals surface area contributed by atoms with Crippen LogP contribution >= 0.6 is 11.3 Å². The SMILES string of the molecule is CCOC(=O)N1CCc2c(sc(NC(=O)CN3CCC4CCCCC43)c2C#N)C1. The minimum Gasteiger partial charge on any atom is -0.450 e. The lowest BCUT2D eigenvalue weighted by Gasteiger charge is -2.31. The van der Waals surface area contributed by atoms with Gasteiger partial charge in [-0.1, -0.05) is 12.8 Å². The van der Waals surface area contributed by atoms with Gasteiger partial charge in [-0.05, 0) is 50.6 Å². The summed E-state index contributed by atoms with van der Waals surface area (Å²) in [7, 11) is 0. The van der Waals surface area contributed by atoms with Gasteiger partial charge in [0.2, 0.25) is 5.91 Å². The van der Waals surface area contributed by atoms with Crippen molar-refractivity contribution in [2.75, 3.05) is 31.6 Å². The van der Waals surface area contributed by atoms with Crippen LogP contribution in [0.2, 0.25) is 0 Å². The lowest BCUT2D eigenvalue weighted by molar-refractivity contribution is -0.117. The molecule has 1 aliphatic carbocycles. The lowest BCUT2D eigenvalue weighted by Crippen LogP contribution is -2.39. The molecule has 3 aliphatic rings. The van der Waals surface area contributed by atoms with Gasteiger partial charge in [0.15, 0.2) is 0 Å². The summed E-state index contributed by atoms with van der Waals surface area (Å²) in [6.07, 6.45) is 6.53. The molecule has 2 aliphatic heterocycles. The normalized spacial score (nSPS) is 23.8. The fourth-order valence-corrected chi connectivity index (χ4v) is 6.26. The second kappa shape index (κ2) is 8.72. The van der Waals surface area contributed by atoms with Crippen LogP contribution in [-0.2, 0) is 22.5 Å². The summed E-state index contributed by atoms with van der Waals surface area (Å²) >= 11 is 1.41. The van der Waals surface area contributed by atoms with Crippen molar-refractivity contribution in [2.24, 2.45) is 5.92 Å². The largest absolute Gasteiger partial charge is 0.450 e. The molecule has 2 fully saturated rings. The Morgan fingerprint density at radius 1 is 1.28 bits per heavy atom. The van der Waals surface area contributed by atoms with Crippen molar-refractivity contribution in [1.82, 2.24) is 9.80 Å². The first-order valence-corrected chi connectivity index (χ1v) is 11.4. The van der Waals surface area contributed by atoms with E-state index in [1.807, 2.05) is 0 Å². The molecule has 3 heterocycles. The monoisotopic (exact) mass is 416 g/mol. The average Bonchev–Trinajstić information content (AvgIpc) is 3.28. The van der Waals surface area contributed by atoms with Crippen molar-refractivity contribution >= 4 is 28.3 Å². The Morgan fingerprint density at radius 3 is 2.90 bits per heavy atom. The molecule has 4 rings (SSSR count). The van der Waals surface area contributed by atoms with E-state index in [1.165, 1.54) is 43.4 Å². The fourth-order valence-electron chi connectivity index (χ4n) is 5.03. The molecule has 8 heteroatoms. The van der Waals surface area contributed by atoms with E-state index in [2.05, 4.69) is 16.3 Å². The van der Waals surface area contributed by atoms with Crippen molar-refractivity contribution in [3.8, 4) is 6.07 Å². The molecule has 1 aromatic rings. The number of nitriles is 1. The second-order valence-electron chi connectivity index (χ2n) is 8.11. The highest BCUT2D eigenvalue weighted by Gasteiger charge is 2.36. The zero-order chi connectivity index (χ0) is 20.4. The van der Waals surface area contributed by atoms with Crippen molar-refractivity contribution in [3.05, 3.63) is 16.0 Å². The molecule has 2 unspecified atom stereocenters. The molecular weight excluding hydrogens is 388 g/mol. The van der Waals surface area contributed by atoms with Crippen LogP contribution in [0.25, 0.3) is 0 Å². The predicted octanol–water partition coefficient (Wildman–Crippen LogP) is 3.34. The van der Waals surface area contributed by atoms with Crippen LogP contribution < -0.4 is 5.32 Å². The number of likely N-dealkylation sites (tertiary alicyclic amines) is 1. The Hall–Kier alpha value is -2.11. The van der Waals surface area contributed by atoms with Crippen LogP contribution in [0, 0.1) is 17.2 Å². The number of nitrogens with zero attached hydrogens (tertiary/aromatic N) is 3. The highest BCUT2D eigenvalue weighted by Crippen LogP contribution is 2.38. The summed E-state index contributed by atoms with van der Waals surface area (Å²) in [6, 6.07) is 2.81. The van der Waals surface area contributed by atoms with Gasteiger partial charge in [-0.3, -0.25) is 9.69 Å². The highest BCUT2D eigenvalue weighted by atomic mass is 32.1. The summed E-state index contributed by atoms with van der Waals surface area (Å²) in [6.45, 7) is 4.47. The zero-order valence-electron chi connectivity index (χ0n) is 16.9. The zero-order valence-corrected chi connectivity index (χ0v) is 17.7. The maximum atomic E-state index is 12.7. The summed E-state index contributed by atoms with van der Waals surface area (Å²) in [5, 5.41) is 13.3. The van der Waals surface area contributed by atoms with E-state index in [0.29, 0.717) is 49.3 Å². The van der Waals surface area contributed by atoms with Crippen LogP contribution in [0.4, 0.5) is 9.80 Å². The molecule has 1 saturated carbocycles. The van der Waals surface area contributed by atoms with Gasteiger partial charge in [0, 0.05) is 17.5 Å². The maximum absolute atomic E-state index is 12.7. The number of ether oxygens (including phenoxy) is 1. The first-order chi connectivity index (χ1) is 14.1. The van der Waals surface area contributed by atoms with Gasteiger partial charge in [-0.15, -0.1) is 11.3 Å². The molecule has 0 aromatic carbocycles. The number of carbonyl (C=O) groups excluding carboxylic acids is 2. The van der Waals surface area contributed by atoms with Crippen LogP contribution in [0.15, 0.2) is 0 Å². The maximum Gasteiger partial charge on any atom is 0.410 e. The minimum atomic E-state index is -0.327. The van der Waals surface area contributed by atoms with Crippen molar-refractivity contribution < 1.29 is 14.3 Å². The Morgan fingerprint density at radius 2 is 2.10 bits per heavy atom. The van der Waals surface area contributed by atoms with Gasteiger partial charge in [-0.25, -0.2) is 4.79 Å². The van der Waals surface area contributed by atoms with E-state index in [0.717, 1.165) is 22.9 Å². The summed E-state index contributed by atoms with van der Waals surface area (Å²) in [5.41, 5.74) is 1.51. The Balaban J connectivity index is 1.42. The highest BCUT2D eigenvalue weighted by molar-refractivity contribution is 7.16. The number of thiophene rings is 1. The molecule has 0 radical (unpaired) electrons. The Kier molecular flexibility index (Phi) is 6.07. The number of amides is 2. The van der Waals surface area contributed by atoms with Crippen LogP contribution in [-0.4, -0.2) is 54.1 Å². The molecule has 0 bridgehead atoms. The Bertz CT molecular complexity index is 831. The van der Waals surface area contributed by atoms with Crippen LogP contribution in [0.5, 0.6) is 0 Å². The third-order valence-corrected chi connectivity index (χ3v) is 7.55. The van der Waals surface area contributed by atoms with Gasteiger partial charge < -0.3 is 15.0 Å². The van der Waals surface area contributed by atoms with Crippen LogP contribution in [0.1, 0.15) is 55.0 Å². The lowest BCUT2D eigenvalue weighted by atomic mass is 9.85. The van der Waals surface area contributed by atoms with Crippen molar-refractivity contribution in [1.29, 1.82) is 5.26 Å². The second-order valence-corrected chi connectivity index (χ2v) is 9.21. The quantitative estimate of drug-likeness (QED) is 0.814. The molecule has 2 amide bonds. The third kappa shape index (κ3) is 4.12. The van der Waals surface area contributed by atoms with Crippen molar-refractivity contribution in [3.63, 3.8) is 0 Å². The van der Waals surface area contributed by atoms with E-state index >= 15 is 0 Å². The summed E-state index contributed by atoms with van der Waals surface area (Å²) in [4.78, 5) is 29.7. The first kappa shape index (κ1) is 20.2. The van der Waals surface area contributed by atoms with Gasteiger partial charge in [-0.2, -0.15) is 5.26 Å². The van der Waals surface area contributed by atoms with Gasteiger partial charge in [0.25, 0.3) is 0 Å². The van der Waals surface area contributed by atoms with Gasteiger partial charge >= 0.3 is 6.09 Å². The van der Waals surface area contributed by atoms with Crippen molar-refractivity contribution in [2.45, 2.75) is 58.0 Å². The molecule has 1 N–H and O–H groups in total. The van der Waals surface area contributed by atoms with E-state index < -0.39 is 0 Å². The molecule has 156 valence electrons. The molecule has 1 aromatic heterocycles. The van der Waals surface area contributed by atoms with E-state index in [1.54, 1.807) is 11.8 Å². The number of hydrogen-bond donors (Lipinski definition) is 1. The van der Waals surface area contributed by atoms with E-state index in [4.69, 9.17) is 4.74 Å².